The first-order valence-corrected chi connectivity index (χ1v) is 4.48. The molecule has 3 atom stereocenters. The summed E-state index contributed by atoms with van der Waals surface area (Å²) in [6, 6.07) is 0. The second-order valence-corrected chi connectivity index (χ2v) is 3.73. The van der Waals surface area contributed by atoms with Gasteiger partial charge < -0.3 is 10.5 Å². The normalized spacial score (nSPS) is 40.3. The van der Waals surface area contributed by atoms with Crippen LogP contribution in [0.3, 0.4) is 0 Å². The minimum atomic E-state index is -0.699. The lowest BCUT2D eigenvalue weighted by atomic mass is 9.61. The molecule has 0 bridgehead atoms. The first-order valence-electron chi connectivity index (χ1n) is 4.48. The van der Waals surface area contributed by atoms with Gasteiger partial charge in [-0.15, -0.1) is 0 Å². The standard InChI is InChI=1S/C9H17NO2/c1-4-12-8(11)9(10)5-6(2)7(9)3/h6-7H,4-5,10H2,1-3H3. The Morgan fingerprint density at radius 1 is 1.67 bits per heavy atom. The highest BCUT2D eigenvalue weighted by Crippen LogP contribution is 2.42. The Morgan fingerprint density at radius 2 is 2.25 bits per heavy atom. The molecule has 1 rings (SSSR count). The van der Waals surface area contributed by atoms with Gasteiger partial charge in [0.15, 0.2) is 0 Å². The van der Waals surface area contributed by atoms with Gasteiger partial charge in [-0.3, -0.25) is 4.79 Å². The van der Waals surface area contributed by atoms with Gasteiger partial charge in [0, 0.05) is 0 Å². The van der Waals surface area contributed by atoms with Gasteiger partial charge in [0.2, 0.25) is 0 Å². The van der Waals surface area contributed by atoms with E-state index < -0.39 is 5.54 Å². The van der Waals surface area contributed by atoms with Crippen LogP contribution in [0.15, 0.2) is 0 Å². The summed E-state index contributed by atoms with van der Waals surface area (Å²) in [5, 5.41) is 0. The molecule has 2 N–H and O–H groups in total. The summed E-state index contributed by atoms with van der Waals surface area (Å²) in [6.07, 6.45) is 0.757. The van der Waals surface area contributed by atoms with Crippen molar-refractivity contribution in [3.63, 3.8) is 0 Å². The third-order valence-corrected chi connectivity index (χ3v) is 2.98. The molecule has 12 heavy (non-hydrogen) atoms. The van der Waals surface area contributed by atoms with Crippen LogP contribution in [0.5, 0.6) is 0 Å². The summed E-state index contributed by atoms with van der Waals surface area (Å²) in [4.78, 5) is 11.4. The maximum atomic E-state index is 11.4. The fourth-order valence-corrected chi connectivity index (χ4v) is 1.78. The second kappa shape index (κ2) is 3.05. The topological polar surface area (TPSA) is 52.3 Å². The molecule has 0 saturated heterocycles. The highest BCUT2D eigenvalue weighted by Gasteiger charge is 2.52. The zero-order valence-electron chi connectivity index (χ0n) is 7.96. The van der Waals surface area contributed by atoms with Gasteiger partial charge in [0.05, 0.1) is 6.61 Å². The lowest BCUT2D eigenvalue weighted by molar-refractivity contribution is -0.159. The Morgan fingerprint density at radius 3 is 2.58 bits per heavy atom. The number of nitrogens with two attached hydrogens (primary N) is 1. The Labute approximate surface area is 73.3 Å². The Hall–Kier alpha value is -0.570. The molecule has 0 spiro atoms. The highest BCUT2D eigenvalue weighted by molar-refractivity contribution is 5.82. The van der Waals surface area contributed by atoms with Crippen LogP contribution in [0.4, 0.5) is 0 Å². The van der Waals surface area contributed by atoms with E-state index >= 15 is 0 Å². The van der Waals surface area contributed by atoms with Gasteiger partial charge in [-0.05, 0) is 25.2 Å². The minimum absolute atomic E-state index is 0.240. The van der Waals surface area contributed by atoms with Crippen molar-refractivity contribution in [2.45, 2.75) is 32.7 Å². The molecule has 1 fully saturated rings. The van der Waals surface area contributed by atoms with E-state index in [1.807, 2.05) is 6.92 Å². The Bertz CT molecular complexity index is 193. The summed E-state index contributed by atoms with van der Waals surface area (Å²) in [5.74, 6) is 0.548. The number of hydrogen-bond acceptors (Lipinski definition) is 3. The quantitative estimate of drug-likeness (QED) is 0.629. The van der Waals surface area contributed by atoms with Crippen molar-refractivity contribution in [3.8, 4) is 0 Å². The SMILES string of the molecule is CCOC(=O)C1(N)CC(C)C1C. The van der Waals surface area contributed by atoms with E-state index in [2.05, 4.69) is 6.92 Å². The molecule has 3 nitrogen and oxygen atoms in total. The number of carbonyl (C=O) groups is 1. The third-order valence-electron chi connectivity index (χ3n) is 2.98. The number of rotatable bonds is 2. The van der Waals surface area contributed by atoms with Crippen molar-refractivity contribution in [1.82, 2.24) is 0 Å². The molecule has 0 amide bonds. The van der Waals surface area contributed by atoms with E-state index in [0.717, 1.165) is 6.42 Å². The third kappa shape index (κ3) is 1.22. The number of hydrogen-bond donors (Lipinski definition) is 1. The Kier molecular flexibility index (Phi) is 2.42. The predicted octanol–water partition coefficient (Wildman–Crippen LogP) is 0.923. The molecule has 3 unspecified atom stereocenters. The summed E-state index contributed by atoms with van der Waals surface area (Å²) in [5.41, 5.74) is 5.19. The monoisotopic (exact) mass is 171 g/mol. The van der Waals surface area contributed by atoms with Crippen LogP contribution in [0.1, 0.15) is 27.2 Å². The number of carbonyl (C=O) groups excluding carboxylic acids is 1. The Balaban J connectivity index is 2.56. The van der Waals surface area contributed by atoms with Crippen LogP contribution in [0, 0.1) is 11.8 Å². The predicted molar refractivity (Wildman–Crippen MR) is 46.5 cm³/mol. The average Bonchev–Trinajstić information content (AvgIpc) is 2.04. The van der Waals surface area contributed by atoms with Gasteiger partial charge in [0.25, 0.3) is 0 Å². The first-order chi connectivity index (χ1) is 5.52. The van der Waals surface area contributed by atoms with Crippen LogP contribution in [-0.2, 0) is 9.53 Å². The van der Waals surface area contributed by atoms with Crippen LogP contribution in [0.2, 0.25) is 0 Å². The van der Waals surface area contributed by atoms with Crippen LogP contribution >= 0.6 is 0 Å². The second-order valence-electron chi connectivity index (χ2n) is 3.73. The molecule has 1 saturated carbocycles. The van der Waals surface area contributed by atoms with Crippen LogP contribution < -0.4 is 5.73 Å². The summed E-state index contributed by atoms with van der Waals surface area (Å²) in [6.45, 7) is 6.33. The van der Waals surface area contributed by atoms with E-state index in [1.165, 1.54) is 0 Å². The molecule has 1 aliphatic rings. The first kappa shape index (κ1) is 9.52. The smallest absolute Gasteiger partial charge is 0.326 e. The number of esters is 1. The van der Waals surface area contributed by atoms with Crippen LogP contribution in [-0.4, -0.2) is 18.1 Å². The highest BCUT2D eigenvalue weighted by atomic mass is 16.5. The lowest BCUT2D eigenvalue weighted by Gasteiger charge is -2.47. The molecular formula is C9H17NO2. The van der Waals surface area contributed by atoms with E-state index in [-0.39, 0.29) is 11.9 Å². The van der Waals surface area contributed by atoms with Gasteiger partial charge in [0.1, 0.15) is 5.54 Å². The van der Waals surface area contributed by atoms with E-state index in [4.69, 9.17) is 10.5 Å². The van der Waals surface area contributed by atoms with Crippen LogP contribution in [0.25, 0.3) is 0 Å². The molecule has 3 heteroatoms. The summed E-state index contributed by atoms with van der Waals surface area (Å²) >= 11 is 0. The van der Waals surface area contributed by atoms with Gasteiger partial charge in [-0.25, -0.2) is 0 Å². The largest absolute Gasteiger partial charge is 0.465 e. The van der Waals surface area contributed by atoms with E-state index in [1.54, 1.807) is 6.92 Å². The van der Waals surface area contributed by atoms with Crippen molar-refractivity contribution in [3.05, 3.63) is 0 Å². The zero-order chi connectivity index (χ0) is 9.35. The maximum Gasteiger partial charge on any atom is 0.326 e. The lowest BCUT2D eigenvalue weighted by Crippen LogP contribution is -2.64. The molecule has 0 aromatic rings. The molecule has 0 heterocycles. The molecule has 0 aromatic carbocycles. The van der Waals surface area contributed by atoms with Gasteiger partial charge in [-0.2, -0.15) is 0 Å². The molecule has 0 aromatic heterocycles. The van der Waals surface area contributed by atoms with Gasteiger partial charge in [-0.1, -0.05) is 13.8 Å². The van der Waals surface area contributed by atoms with Crippen molar-refractivity contribution in [2.75, 3.05) is 6.61 Å². The van der Waals surface area contributed by atoms with Crippen molar-refractivity contribution in [1.29, 1.82) is 0 Å². The molecule has 0 radical (unpaired) electrons. The van der Waals surface area contributed by atoms with Crippen molar-refractivity contribution in [2.24, 2.45) is 17.6 Å². The minimum Gasteiger partial charge on any atom is -0.465 e. The zero-order valence-corrected chi connectivity index (χ0v) is 7.96. The molecule has 1 aliphatic carbocycles. The molecule has 0 aliphatic heterocycles. The van der Waals surface area contributed by atoms with Gasteiger partial charge >= 0.3 is 5.97 Å². The van der Waals surface area contributed by atoms with E-state index in [9.17, 15) is 4.79 Å². The number of ether oxygens (including phenoxy) is 1. The van der Waals surface area contributed by atoms with Crippen molar-refractivity contribution < 1.29 is 9.53 Å². The fraction of sp³-hybridized carbons (Fsp3) is 0.889. The molecular weight excluding hydrogens is 154 g/mol. The van der Waals surface area contributed by atoms with Crippen molar-refractivity contribution >= 4 is 5.97 Å². The fourth-order valence-electron chi connectivity index (χ4n) is 1.78. The summed E-state index contributed by atoms with van der Waals surface area (Å²) in [7, 11) is 0. The van der Waals surface area contributed by atoms with E-state index in [0.29, 0.717) is 12.5 Å². The molecule has 70 valence electrons. The summed E-state index contributed by atoms with van der Waals surface area (Å²) < 4.78 is 4.90. The average molecular weight is 171 g/mol. The maximum absolute atomic E-state index is 11.4.